The van der Waals surface area contributed by atoms with Crippen molar-refractivity contribution in [3.8, 4) is 5.75 Å². The molecule has 130 valence electrons. The molecule has 0 aromatic heterocycles. The highest BCUT2D eigenvalue weighted by Crippen LogP contribution is 2.22. The molecule has 0 bridgehead atoms. The summed E-state index contributed by atoms with van der Waals surface area (Å²) in [5, 5.41) is 5.80. The first kappa shape index (κ1) is 17.0. The molecule has 3 rings (SSSR count). The van der Waals surface area contributed by atoms with Gasteiger partial charge in [-0.25, -0.2) is 0 Å². The molecule has 0 atom stereocenters. The van der Waals surface area contributed by atoms with E-state index in [0.29, 0.717) is 24.1 Å². The van der Waals surface area contributed by atoms with Crippen LogP contribution < -0.4 is 15.4 Å². The number of ether oxygens (including phenoxy) is 1. The first-order valence-corrected chi connectivity index (χ1v) is 8.48. The predicted molar refractivity (Wildman–Crippen MR) is 96.9 cm³/mol. The van der Waals surface area contributed by atoms with Gasteiger partial charge in [-0.3, -0.25) is 9.59 Å². The smallest absolute Gasteiger partial charge is 0.253 e. The largest absolute Gasteiger partial charge is 0.497 e. The molecular weight excluding hydrogens is 316 g/mol. The Labute approximate surface area is 147 Å². The number of hydrogen-bond acceptors (Lipinski definition) is 3. The summed E-state index contributed by atoms with van der Waals surface area (Å²) in [6, 6.07) is 15.0. The highest BCUT2D eigenvalue weighted by molar-refractivity contribution is 6.03. The number of nitrogens with one attached hydrogen (secondary N) is 2. The lowest BCUT2D eigenvalue weighted by molar-refractivity contribution is -0.116. The Kier molecular flexibility index (Phi) is 5.33. The van der Waals surface area contributed by atoms with Gasteiger partial charge in [-0.15, -0.1) is 0 Å². The third-order valence-electron chi connectivity index (χ3n) is 4.13. The fourth-order valence-electron chi connectivity index (χ4n) is 2.58. The van der Waals surface area contributed by atoms with Crippen LogP contribution in [0, 0.1) is 0 Å². The molecule has 1 aliphatic rings. The van der Waals surface area contributed by atoms with Crippen LogP contribution in [0.4, 0.5) is 5.69 Å². The van der Waals surface area contributed by atoms with Crippen molar-refractivity contribution in [2.75, 3.05) is 12.4 Å². The van der Waals surface area contributed by atoms with Crippen LogP contribution in [0.5, 0.6) is 5.75 Å². The molecule has 0 unspecified atom stereocenters. The summed E-state index contributed by atoms with van der Waals surface area (Å²) < 4.78 is 5.19. The summed E-state index contributed by atoms with van der Waals surface area (Å²) in [4.78, 5) is 24.5. The fourth-order valence-corrected chi connectivity index (χ4v) is 2.58. The zero-order chi connectivity index (χ0) is 17.6. The second-order valence-corrected chi connectivity index (χ2v) is 6.19. The SMILES string of the molecule is COc1cccc(CCC(=O)Nc2ccccc2C(=O)NC2CC2)c1. The van der Waals surface area contributed by atoms with Gasteiger partial charge < -0.3 is 15.4 Å². The average molecular weight is 338 g/mol. The van der Waals surface area contributed by atoms with Crippen LogP contribution in [0.2, 0.25) is 0 Å². The minimum Gasteiger partial charge on any atom is -0.497 e. The number of carbonyl (C=O) groups is 2. The Morgan fingerprint density at radius 3 is 2.68 bits per heavy atom. The molecular formula is C20H22N2O3. The number of hydrogen-bond donors (Lipinski definition) is 2. The highest BCUT2D eigenvalue weighted by Gasteiger charge is 2.24. The molecule has 25 heavy (non-hydrogen) atoms. The summed E-state index contributed by atoms with van der Waals surface area (Å²) in [6.45, 7) is 0. The van der Waals surface area contributed by atoms with Gasteiger partial charge in [0.2, 0.25) is 5.91 Å². The van der Waals surface area contributed by atoms with Crippen molar-refractivity contribution in [2.24, 2.45) is 0 Å². The van der Waals surface area contributed by atoms with Gasteiger partial charge in [0.15, 0.2) is 0 Å². The summed E-state index contributed by atoms with van der Waals surface area (Å²) >= 11 is 0. The van der Waals surface area contributed by atoms with Crippen molar-refractivity contribution in [3.63, 3.8) is 0 Å². The maximum absolute atomic E-state index is 12.3. The van der Waals surface area contributed by atoms with E-state index in [9.17, 15) is 9.59 Å². The topological polar surface area (TPSA) is 67.4 Å². The van der Waals surface area contributed by atoms with E-state index in [-0.39, 0.29) is 17.9 Å². The molecule has 0 aliphatic heterocycles. The molecule has 1 fully saturated rings. The molecule has 5 heteroatoms. The second kappa shape index (κ2) is 7.83. The zero-order valence-corrected chi connectivity index (χ0v) is 14.2. The Morgan fingerprint density at radius 1 is 1.12 bits per heavy atom. The Morgan fingerprint density at radius 2 is 1.92 bits per heavy atom. The summed E-state index contributed by atoms with van der Waals surface area (Å²) in [6.07, 6.45) is 3.01. The van der Waals surface area contributed by atoms with Crippen LogP contribution in [0.3, 0.4) is 0 Å². The van der Waals surface area contributed by atoms with Gasteiger partial charge in [-0.05, 0) is 49.1 Å². The molecule has 0 radical (unpaired) electrons. The quantitative estimate of drug-likeness (QED) is 0.815. The van der Waals surface area contributed by atoms with Crippen molar-refractivity contribution in [1.29, 1.82) is 0 Å². The first-order valence-electron chi connectivity index (χ1n) is 8.48. The van der Waals surface area contributed by atoms with Crippen molar-refractivity contribution in [3.05, 3.63) is 59.7 Å². The number of carbonyl (C=O) groups excluding carboxylic acids is 2. The highest BCUT2D eigenvalue weighted by atomic mass is 16.5. The van der Waals surface area contributed by atoms with Crippen LogP contribution in [0.15, 0.2) is 48.5 Å². The van der Waals surface area contributed by atoms with E-state index in [0.717, 1.165) is 24.2 Å². The maximum atomic E-state index is 12.3. The third-order valence-corrected chi connectivity index (χ3v) is 4.13. The van der Waals surface area contributed by atoms with E-state index < -0.39 is 0 Å². The Hall–Kier alpha value is -2.82. The second-order valence-electron chi connectivity index (χ2n) is 6.19. The Balaban J connectivity index is 1.59. The Bertz CT molecular complexity index is 769. The summed E-state index contributed by atoms with van der Waals surface area (Å²) in [7, 11) is 1.62. The lowest BCUT2D eigenvalue weighted by Crippen LogP contribution is -2.27. The zero-order valence-electron chi connectivity index (χ0n) is 14.2. The first-order chi connectivity index (χ1) is 12.2. The summed E-state index contributed by atoms with van der Waals surface area (Å²) in [5.74, 6) is 0.528. The molecule has 0 spiro atoms. The standard InChI is InChI=1S/C20H22N2O3/c1-25-16-6-4-5-14(13-16)9-12-19(23)22-18-8-3-2-7-17(18)20(24)21-15-10-11-15/h2-8,13,15H,9-12H2,1H3,(H,21,24)(H,22,23). The third kappa shape index (κ3) is 4.83. The van der Waals surface area contributed by atoms with Gasteiger partial charge >= 0.3 is 0 Å². The summed E-state index contributed by atoms with van der Waals surface area (Å²) in [5.41, 5.74) is 2.09. The lowest BCUT2D eigenvalue weighted by Gasteiger charge is -2.11. The molecule has 1 saturated carbocycles. The number of amides is 2. The molecule has 0 saturated heterocycles. The van der Waals surface area contributed by atoms with E-state index in [1.165, 1.54) is 0 Å². The number of benzene rings is 2. The van der Waals surface area contributed by atoms with Gasteiger partial charge in [-0.2, -0.15) is 0 Å². The molecule has 0 heterocycles. The number of para-hydroxylation sites is 1. The van der Waals surface area contributed by atoms with Crippen molar-refractivity contribution < 1.29 is 14.3 Å². The van der Waals surface area contributed by atoms with Crippen LogP contribution >= 0.6 is 0 Å². The van der Waals surface area contributed by atoms with Crippen molar-refractivity contribution in [1.82, 2.24) is 5.32 Å². The van der Waals surface area contributed by atoms with Gasteiger partial charge in [0.25, 0.3) is 5.91 Å². The van der Waals surface area contributed by atoms with Crippen LogP contribution in [-0.4, -0.2) is 25.0 Å². The minimum atomic E-state index is -0.133. The monoisotopic (exact) mass is 338 g/mol. The fraction of sp³-hybridized carbons (Fsp3) is 0.300. The lowest BCUT2D eigenvalue weighted by atomic mass is 10.1. The van der Waals surface area contributed by atoms with Gasteiger partial charge in [0.1, 0.15) is 5.75 Å². The molecule has 2 aromatic carbocycles. The maximum Gasteiger partial charge on any atom is 0.253 e. The molecule has 1 aliphatic carbocycles. The molecule has 2 N–H and O–H groups in total. The van der Waals surface area contributed by atoms with E-state index in [2.05, 4.69) is 10.6 Å². The van der Waals surface area contributed by atoms with Crippen molar-refractivity contribution >= 4 is 17.5 Å². The van der Waals surface area contributed by atoms with E-state index >= 15 is 0 Å². The predicted octanol–water partition coefficient (Wildman–Crippen LogP) is 3.16. The number of aryl methyl sites for hydroxylation is 1. The average Bonchev–Trinajstić information content (AvgIpc) is 3.44. The van der Waals surface area contributed by atoms with Gasteiger partial charge in [0.05, 0.1) is 18.4 Å². The van der Waals surface area contributed by atoms with Crippen LogP contribution in [0.25, 0.3) is 0 Å². The van der Waals surface area contributed by atoms with Crippen LogP contribution in [0.1, 0.15) is 35.2 Å². The molecule has 2 aromatic rings. The van der Waals surface area contributed by atoms with E-state index in [4.69, 9.17) is 4.74 Å². The van der Waals surface area contributed by atoms with E-state index in [1.54, 1.807) is 25.3 Å². The normalized spacial score (nSPS) is 13.2. The van der Waals surface area contributed by atoms with Crippen LogP contribution in [-0.2, 0) is 11.2 Å². The number of rotatable bonds is 7. The van der Waals surface area contributed by atoms with Crippen molar-refractivity contribution in [2.45, 2.75) is 31.7 Å². The minimum absolute atomic E-state index is 0.116. The van der Waals surface area contributed by atoms with Gasteiger partial charge in [-0.1, -0.05) is 24.3 Å². The molecule has 5 nitrogen and oxygen atoms in total. The molecule has 2 amide bonds. The van der Waals surface area contributed by atoms with Gasteiger partial charge in [0, 0.05) is 12.5 Å². The number of methoxy groups -OCH3 is 1. The van der Waals surface area contributed by atoms with E-state index in [1.807, 2.05) is 30.3 Å². The number of anilines is 1.